The van der Waals surface area contributed by atoms with Gasteiger partial charge in [0.2, 0.25) is 5.91 Å². The fourth-order valence-electron chi connectivity index (χ4n) is 4.83. The van der Waals surface area contributed by atoms with E-state index in [1.165, 1.54) is 22.5 Å². The van der Waals surface area contributed by atoms with E-state index in [1.807, 2.05) is 23.6 Å². The number of amides is 1. The minimum Gasteiger partial charge on any atom is -0.302 e. The largest absolute Gasteiger partial charge is 0.302 e. The number of ketones is 1. The third-order valence-electron chi connectivity index (χ3n) is 6.44. The van der Waals surface area contributed by atoms with Gasteiger partial charge in [0.1, 0.15) is 5.78 Å². The summed E-state index contributed by atoms with van der Waals surface area (Å²) in [4.78, 5) is 29.7. The highest BCUT2D eigenvalue weighted by Crippen LogP contribution is 2.40. The molecule has 2 aliphatic rings. The lowest BCUT2D eigenvalue weighted by molar-refractivity contribution is -0.136. The molecule has 3 aromatic rings. The lowest BCUT2D eigenvalue weighted by Gasteiger charge is -2.36. The van der Waals surface area contributed by atoms with E-state index >= 15 is 0 Å². The molecule has 1 aromatic heterocycles. The molecule has 5 heteroatoms. The number of carbonyl (C=O) groups excluding carboxylic acids is 2. The van der Waals surface area contributed by atoms with Crippen molar-refractivity contribution in [3.8, 4) is 22.4 Å². The Balaban J connectivity index is 1.26. The van der Waals surface area contributed by atoms with Crippen molar-refractivity contribution in [2.45, 2.75) is 32.1 Å². The molecule has 2 fully saturated rings. The summed E-state index contributed by atoms with van der Waals surface area (Å²) in [5.41, 5.74) is 4.25. The van der Waals surface area contributed by atoms with Crippen LogP contribution in [0.15, 0.2) is 60.0 Å². The van der Waals surface area contributed by atoms with Crippen LogP contribution in [0.5, 0.6) is 0 Å². The molecule has 2 atom stereocenters. The van der Waals surface area contributed by atoms with Crippen molar-refractivity contribution in [2.75, 3.05) is 5.32 Å². The summed E-state index contributed by atoms with van der Waals surface area (Å²) in [7, 11) is 0. The van der Waals surface area contributed by atoms with Crippen LogP contribution in [-0.2, 0) is 9.59 Å². The van der Waals surface area contributed by atoms with Gasteiger partial charge in [-0.05, 0) is 36.8 Å². The predicted octanol–water partition coefficient (Wildman–Crippen LogP) is 5.81. The van der Waals surface area contributed by atoms with Crippen molar-refractivity contribution in [3.05, 3.63) is 60.0 Å². The maximum Gasteiger partial charge on any atom is 0.229 e. The van der Waals surface area contributed by atoms with Gasteiger partial charge in [0.25, 0.3) is 0 Å². The highest BCUT2D eigenvalue weighted by Gasteiger charge is 2.41. The smallest absolute Gasteiger partial charge is 0.229 e. The second-order valence-electron chi connectivity index (χ2n) is 8.37. The van der Waals surface area contributed by atoms with Gasteiger partial charge in [-0.3, -0.25) is 9.59 Å². The topological polar surface area (TPSA) is 59.1 Å². The Morgan fingerprint density at radius 3 is 2.23 bits per heavy atom. The molecule has 1 N–H and O–H groups in total. The van der Waals surface area contributed by atoms with Crippen molar-refractivity contribution < 1.29 is 9.59 Å². The molecule has 0 saturated heterocycles. The Kier molecular flexibility index (Phi) is 5.21. The molecule has 2 unspecified atom stereocenters. The first kappa shape index (κ1) is 19.2. The number of fused-ring (bicyclic) bond motifs is 2. The van der Waals surface area contributed by atoms with E-state index in [-0.39, 0.29) is 23.7 Å². The summed E-state index contributed by atoms with van der Waals surface area (Å²) < 4.78 is 0. The van der Waals surface area contributed by atoms with Crippen LogP contribution in [0.25, 0.3) is 22.4 Å². The quantitative estimate of drug-likeness (QED) is 0.584. The third-order valence-corrected chi connectivity index (χ3v) is 7.20. The molecule has 0 spiro atoms. The van der Waals surface area contributed by atoms with Crippen LogP contribution >= 0.6 is 11.3 Å². The molecule has 0 aliphatic heterocycles. The molecule has 5 rings (SSSR count). The van der Waals surface area contributed by atoms with Crippen LogP contribution in [-0.4, -0.2) is 16.7 Å². The molecule has 2 aliphatic carbocycles. The number of carbonyl (C=O) groups is 2. The van der Waals surface area contributed by atoms with Crippen LogP contribution in [0.3, 0.4) is 0 Å². The lowest BCUT2D eigenvalue weighted by atomic mass is 9.67. The van der Waals surface area contributed by atoms with Crippen LogP contribution in [0.4, 0.5) is 5.13 Å². The van der Waals surface area contributed by atoms with E-state index < -0.39 is 0 Å². The van der Waals surface area contributed by atoms with E-state index in [2.05, 4.69) is 46.7 Å². The van der Waals surface area contributed by atoms with E-state index in [4.69, 9.17) is 0 Å². The van der Waals surface area contributed by atoms with Gasteiger partial charge in [-0.25, -0.2) is 4.98 Å². The van der Waals surface area contributed by atoms with E-state index in [0.717, 1.165) is 30.5 Å². The predicted molar refractivity (Wildman–Crippen MR) is 120 cm³/mol. The van der Waals surface area contributed by atoms with Gasteiger partial charge >= 0.3 is 0 Å². The Bertz CT molecular complexity index is 1040. The highest BCUT2D eigenvalue weighted by molar-refractivity contribution is 7.14. The van der Waals surface area contributed by atoms with Crippen LogP contribution < -0.4 is 5.32 Å². The van der Waals surface area contributed by atoms with Crippen molar-refractivity contribution in [1.82, 2.24) is 4.98 Å². The van der Waals surface area contributed by atoms with Crippen molar-refractivity contribution in [1.29, 1.82) is 0 Å². The molecular formula is C25H24N2O2S. The number of thiazole rings is 1. The number of aromatic nitrogens is 1. The molecule has 2 bridgehead atoms. The summed E-state index contributed by atoms with van der Waals surface area (Å²) in [5, 5.41) is 5.61. The second-order valence-corrected chi connectivity index (χ2v) is 9.22. The molecule has 0 radical (unpaired) electrons. The standard InChI is InChI=1S/C25H24N2O2S/c28-23-19-7-4-8-20(23)14-21(13-19)24(29)27-25-26-22(15-30-25)18-11-9-17(10-12-18)16-5-2-1-3-6-16/h1-3,5-6,9-12,15,19-21H,4,7-8,13-14H2,(H,26,27,29). The number of nitrogens with one attached hydrogen (secondary N) is 1. The Morgan fingerprint density at radius 1 is 0.900 bits per heavy atom. The molecule has 4 nitrogen and oxygen atoms in total. The highest BCUT2D eigenvalue weighted by atomic mass is 32.1. The minimum absolute atomic E-state index is 0.0136. The summed E-state index contributed by atoms with van der Waals surface area (Å²) >= 11 is 1.45. The van der Waals surface area contributed by atoms with E-state index in [0.29, 0.717) is 23.8 Å². The van der Waals surface area contributed by atoms with E-state index in [9.17, 15) is 9.59 Å². The van der Waals surface area contributed by atoms with E-state index in [1.54, 1.807) is 0 Å². The average Bonchev–Trinajstić information content (AvgIpc) is 3.23. The zero-order valence-corrected chi connectivity index (χ0v) is 17.5. The van der Waals surface area contributed by atoms with Crippen LogP contribution in [0, 0.1) is 17.8 Å². The molecule has 152 valence electrons. The van der Waals surface area contributed by atoms with Gasteiger partial charge in [0.05, 0.1) is 5.69 Å². The first-order chi connectivity index (χ1) is 14.7. The number of rotatable bonds is 4. The number of Topliss-reactive ketones (excluding diaryl/α,β-unsaturated/α-hetero) is 1. The molecule has 2 aromatic carbocycles. The van der Waals surface area contributed by atoms with Gasteiger partial charge in [0.15, 0.2) is 5.13 Å². The van der Waals surface area contributed by atoms with Gasteiger partial charge in [-0.1, -0.05) is 61.0 Å². The first-order valence-electron chi connectivity index (χ1n) is 10.6. The van der Waals surface area contributed by atoms with Gasteiger partial charge in [-0.15, -0.1) is 11.3 Å². The molecule has 30 heavy (non-hydrogen) atoms. The summed E-state index contributed by atoms with van der Waals surface area (Å²) in [6.45, 7) is 0. The SMILES string of the molecule is O=C(Nc1nc(-c2ccc(-c3ccccc3)cc2)cs1)C1CC2CCCC(C1)C2=O. The lowest BCUT2D eigenvalue weighted by Crippen LogP contribution is -2.40. The van der Waals surface area contributed by atoms with Crippen molar-refractivity contribution in [2.24, 2.45) is 17.8 Å². The fourth-order valence-corrected chi connectivity index (χ4v) is 5.55. The number of hydrogen-bond acceptors (Lipinski definition) is 4. The first-order valence-corrected chi connectivity index (χ1v) is 11.5. The average molecular weight is 417 g/mol. The molecule has 1 amide bonds. The third kappa shape index (κ3) is 3.82. The summed E-state index contributed by atoms with van der Waals surface area (Å²) in [6.07, 6.45) is 4.40. The normalized spacial score (nSPS) is 23.2. The van der Waals surface area contributed by atoms with Crippen LogP contribution in [0.2, 0.25) is 0 Å². The van der Waals surface area contributed by atoms with Crippen molar-refractivity contribution >= 4 is 28.2 Å². The van der Waals surface area contributed by atoms with Gasteiger partial charge in [-0.2, -0.15) is 0 Å². The Labute approximate surface area is 180 Å². The zero-order chi connectivity index (χ0) is 20.5. The number of hydrogen-bond donors (Lipinski definition) is 1. The number of nitrogens with zero attached hydrogens (tertiary/aromatic N) is 1. The summed E-state index contributed by atoms with van der Waals surface area (Å²) in [6, 6.07) is 18.6. The van der Waals surface area contributed by atoms with Gasteiger partial charge in [0, 0.05) is 28.7 Å². The molecule has 1 heterocycles. The second kappa shape index (κ2) is 8.15. The number of benzene rings is 2. The Hall–Kier alpha value is -2.79. The maximum atomic E-state index is 12.8. The summed E-state index contributed by atoms with van der Waals surface area (Å²) in [5.74, 6) is 0.502. The van der Waals surface area contributed by atoms with Crippen molar-refractivity contribution in [3.63, 3.8) is 0 Å². The zero-order valence-electron chi connectivity index (χ0n) is 16.7. The molecular weight excluding hydrogens is 392 g/mol. The number of anilines is 1. The minimum atomic E-state index is -0.0736. The van der Waals surface area contributed by atoms with Gasteiger partial charge < -0.3 is 5.32 Å². The fraction of sp³-hybridized carbons (Fsp3) is 0.320. The maximum absolute atomic E-state index is 12.8. The monoisotopic (exact) mass is 416 g/mol. The molecule has 2 saturated carbocycles. The van der Waals surface area contributed by atoms with Crippen LogP contribution in [0.1, 0.15) is 32.1 Å². The Morgan fingerprint density at radius 2 is 1.53 bits per heavy atom.